The number of ketones is 1. The van der Waals surface area contributed by atoms with Crippen LogP contribution < -0.4 is 0 Å². The number of epoxide rings is 1. The number of rotatable bonds is 0. The zero-order chi connectivity index (χ0) is 24.3. The first kappa shape index (κ1) is 22.3. The highest BCUT2D eigenvalue weighted by Crippen LogP contribution is 2.83. The Morgan fingerprint density at radius 3 is 2.26 bits per heavy atom. The van der Waals surface area contributed by atoms with Crippen molar-refractivity contribution in [1.82, 2.24) is 0 Å². The topological polar surface area (TPSA) is 55.9 Å². The van der Waals surface area contributed by atoms with Crippen LogP contribution in [-0.2, 0) is 19.1 Å². The van der Waals surface area contributed by atoms with Crippen molar-refractivity contribution in [2.45, 2.75) is 124 Å². The number of Topliss-reactive ketones (excluding diaryl/α,β-unsaturated/α-hetero) is 1. The summed E-state index contributed by atoms with van der Waals surface area (Å²) in [6, 6.07) is 0. The SMILES string of the molecule is CC1(C)CC[C@@]23CC[C@]4(C)[C@](OC2=O)([C@@H]2O[C@@H]2[C@@H]2[C@@]5(C)CCC(=O)C(C)(C)[C@@H]5CC[C@]24C)[C@H]3C1. The highest BCUT2D eigenvalue weighted by molar-refractivity contribution is 5.85. The van der Waals surface area contributed by atoms with Gasteiger partial charge in [-0.25, -0.2) is 0 Å². The van der Waals surface area contributed by atoms with Crippen LogP contribution in [0.15, 0.2) is 0 Å². The first-order valence-electron chi connectivity index (χ1n) is 14.1. The normalized spacial score (nSPS) is 60.1. The van der Waals surface area contributed by atoms with Crippen LogP contribution in [0.25, 0.3) is 0 Å². The maximum Gasteiger partial charge on any atom is 0.313 e. The molecule has 0 aromatic rings. The van der Waals surface area contributed by atoms with E-state index in [0.717, 1.165) is 51.4 Å². The molecule has 7 rings (SSSR count). The van der Waals surface area contributed by atoms with E-state index in [2.05, 4.69) is 48.5 Å². The molecule has 4 nitrogen and oxygen atoms in total. The standard InChI is InChI=1S/C30H44O4/c1-24(2)12-14-29-15-13-28(7)27(6)11-8-17-25(3,4)19(31)9-10-26(17,5)21(27)20-22(33-20)30(28,18(29)16-24)34-23(29)32/h17-18,20-22H,8-16H2,1-7H3/t17-,18-,20+,21+,22+,26-,27+,28-,29-,30+/m0/s1. The Bertz CT molecular complexity index is 1010. The summed E-state index contributed by atoms with van der Waals surface area (Å²) in [5.74, 6) is 1.65. The summed E-state index contributed by atoms with van der Waals surface area (Å²) in [6.45, 7) is 16.7. The molecule has 10 atom stereocenters. The van der Waals surface area contributed by atoms with E-state index in [1.54, 1.807) is 0 Å². The van der Waals surface area contributed by atoms with Gasteiger partial charge in [0.2, 0.25) is 0 Å². The summed E-state index contributed by atoms with van der Waals surface area (Å²) >= 11 is 0. The zero-order valence-electron chi connectivity index (χ0n) is 22.4. The third-order valence-corrected chi connectivity index (χ3v) is 14.0. The van der Waals surface area contributed by atoms with E-state index >= 15 is 0 Å². The number of esters is 1. The van der Waals surface area contributed by atoms with Gasteiger partial charge in [-0.2, -0.15) is 0 Å². The van der Waals surface area contributed by atoms with Gasteiger partial charge in [-0.3, -0.25) is 9.59 Å². The molecule has 188 valence electrons. The molecule has 7 aliphatic rings. The Morgan fingerprint density at radius 1 is 0.824 bits per heavy atom. The molecule has 34 heavy (non-hydrogen) atoms. The van der Waals surface area contributed by atoms with Gasteiger partial charge in [0.15, 0.2) is 5.60 Å². The summed E-state index contributed by atoms with van der Waals surface area (Å²) in [7, 11) is 0. The molecule has 2 heterocycles. The fourth-order valence-electron chi connectivity index (χ4n) is 12.0. The van der Waals surface area contributed by atoms with Gasteiger partial charge in [-0.15, -0.1) is 0 Å². The van der Waals surface area contributed by atoms with Crippen molar-refractivity contribution in [2.75, 3.05) is 0 Å². The van der Waals surface area contributed by atoms with Gasteiger partial charge in [-0.05, 0) is 79.4 Å². The lowest BCUT2D eigenvalue weighted by atomic mass is 9.31. The maximum atomic E-state index is 13.7. The highest BCUT2D eigenvalue weighted by atomic mass is 16.6. The van der Waals surface area contributed by atoms with Gasteiger partial charge < -0.3 is 9.47 Å². The fourth-order valence-corrected chi connectivity index (χ4v) is 12.0. The molecular formula is C30H44O4. The second-order valence-corrected chi connectivity index (χ2v) is 15.8. The molecule has 0 amide bonds. The van der Waals surface area contributed by atoms with E-state index in [1.807, 2.05) is 0 Å². The smallest absolute Gasteiger partial charge is 0.313 e. The fraction of sp³-hybridized carbons (Fsp3) is 0.933. The summed E-state index contributed by atoms with van der Waals surface area (Å²) in [4.78, 5) is 26.7. The number of carbonyl (C=O) groups is 2. The highest BCUT2D eigenvalue weighted by Gasteiger charge is 2.89. The first-order chi connectivity index (χ1) is 15.7. The molecular weight excluding hydrogens is 424 g/mol. The third kappa shape index (κ3) is 2.05. The molecule has 0 unspecified atom stereocenters. The Balaban J connectivity index is 1.39. The summed E-state index contributed by atoms with van der Waals surface area (Å²) < 4.78 is 13.6. The van der Waals surface area contributed by atoms with Gasteiger partial charge in [0.05, 0.1) is 11.5 Å². The molecule has 4 heteroatoms. The van der Waals surface area contributed by atoms with Crippen LogP contribution in [0.4, 0.5) is 0 Å². The molecule has 2 saturated heterocycles. The minimum atomic E-state index is -0.473. The van der Waals surface area contributed by atoms with Crippen LogP contribution in [0.2, 0.25) is 0 Å². The van der Waals surface area contributed by atoms with Crippen molar-refractivity contribution in [1.29, 1.82) is 0 Å². The third-order valence-electron chi connectivity index (χ3n) is 14.0. The van der Waals surface area contributed by atoms with E-state index in [-0.39, 0.29) is 56.6 Å². The molecule has 5 aliphatic carbocycles. The van der Waals surface area contributed by atoms with E-state index in [9.17, 15) is 9.59 Å². The minimum absolute atomic E-state index is 0.0388. The predicted molar refractivity (Wildman–Crippen MR) is 129 cm³/mol. The van der Waals surface area contributed by atoms with Gasteiger partial charge in [0, 0.05) is 23.2 Å². The Morgan fingerprint density at radius 2 is 1.53 bits per heavy atom. The van der Waals surface area contributed by atoms with Crippen molar-refractivity contribution < 1.29 is 19.1 Å². The lowest BCUT2D eigenvalue weighted by Gasteiger charge is -2.72. The van der Waals surface area contributed by atoms with E-state index in [4.69, 9.17) is 9.47 Å². The maximum absolute atomic E-state index is 13.7. The van der Waals surface area contributed by atoms with Crippen LogP contribution in [0, 0.1) is 50.2 Å². The molecule has 2 aliphatic heterocycles. The summed E-state index contributed by atoms with van der Waals surface area (Å²) in [5, 5.41) is 0. The van der Waals surface area contributed by atoms with Crippen LogP contribution in [0.1, 0.15) is 106 Å². The van der Waals surface area contributed by atoms with E-state index in [0.29, 0.717) is 24.0 Å². The zero-order valence-corrected chi connectivity index (χ0v) is 22.4. The van der Waals surface area contributed by atoms with Crippen molar-refractivity contribution in [3.05, 3.63) is 0 Å². The number of hydrogen-bond donors (Lipinski definition) is 0. The van der Waals surface area contributed by atoms with Gasteiger partial charge >= 0.3 is 5.97 Å². The van der Waals surface area contributed by atoms with Crippen molar-refractivity contribution in [3.8, 4) is 0 Å². The minimum Gasteiger partial charge on any atom is -0.455 e. The monoisotopic (exact) mass is 468 g/mol. The Labute approximate surface area is 205 Å². The van der Waals surface area contributed by atoms with Crippen LogP contribution in [0.5, 0.6) is 0 Å². The van der Waals surface area contributed by atoms with Gasteiger partial charge in [0.25, 0.3) is 0 Å². The van der Waals surface area contributed by atoms with E-state index in [1.165, 1.54) is 0 Å². The number of fused-ring (bicyclic) bond motifs is 6. The summed E-state index contributed by atoms with van der Waals surface area (Å²) in [6.07, 6.45) is 9.31. The first-order valence-corrected chi connectivity index (χ1v) is 14.1. The molecule has 7 fully saturated rings. The van der Waals surface area contributed by atoms with Crippen molar-refractivity contribution in [3.63, 3.8) is 0 Å². The number of carbonyl (C=O) groups excluding carboxylic acids is 2. The van der Waals surface area contributed by atoms with Crippen LogP contribution in [0.3, 0.4) is 0 Å². The predicted octanol–water partition coefficient (Wildman–Crippen LogP) is 6.10. The summed E-state index contributed by atoms with van der Waals surface area (Å²) in [5.41, 5.74) is -0.720. The van der Waals surface area contributed by atoms with Gasteiger partial charge in [0.1, 0.15) is 11.9 Å². The number of hydrogen-bond acceptors (Lipinski definition) is 4. The molecule has 0 aromatic heterocycles. The number of ether oxygens (including phenoxy) is 2. The van der Waals surface area contributed by atoms with Crippen molar-refractivity contribution in [2.24, 2.45) is 50.2 Å². The molecule has 0 aromatic carbocycles. The van der Waals surface area contributed by atoms with E-state index < -0.39 is 5.60 Å². The van der Waals surface area contributed by atoms with Crippen LogP contribution in [-0.4, -0.2) is 29.6 Å². The molecule has 0 N–H and O–H groups in total. The molecule has 0 radical (unpaired) electrons. The quantitative estimate of drug-likeness (QED) is 0.318. The lowest BCUT2D eigenvalue weighted by Crippen LogP contribution is -2.74. The lowest BCUT2D eigenvalue weighted by molar-refractivity contribution is -0.266. The van der Waals surface area contributed by atoms with Crippen molar-refractivity contribution >= 4 is 11.8 Å². The molecule has 1 spiro atoms. The second-order valence-electron chi connectivity index (χ2n) is 15.8. The second kappa shape index (κ2) is 5.81. The Hall–Kier alpha value is -0.900. The van der Waals surface area contributed by atoms with Gasteiger partial charge in [-0.1, -0.05) is 48.5 Å². The molecule has 5 saturated carbocycles. The average Bonchev–Trinajstić information content (AvgIpc) is 3.49. The largest absolute Gasteiger partial charge is 0.455 e. The Kier molecular flexibility index (Phi) is 3.81. The molecule has 2 bridgehead atoms. The van der Waals surface area contributed by atoms with Crippen LogP contribution >= 0.6 is 0 Å². The average molecular weight is 469 g/mol.